The number of hydrogen-bond donors (Lipinski definition) is 4. The zero-order valence-electron chi connectivity index (χ0n) is 22.7. The molecule has 1 fully saturated rings. The van der Waals surface area contributed by atoms with Crippen molar-refractivity contribution in [1.82, 2.24) is 15.6 Å². The number of pyridine rings is 1. The predicted octanol–water partition coefficient (Wildman–Crippen LogP) is 4.30. The number of halogens is 1. The van der Waals surface area contributed by atoms with Crippen LogP contribution < -0.4 is 20.7 Å². The van der Waals surface area contributed by atoms with Gasteiger partial charge in [-0.15, -0.1) is 0 Å². The molecule has 0 radical (unpaired) electrons. The molecule has 0 unspecified atom stereocenters. The number of hydrogen-bond acceptors (Lipinski definition) is 6. The average molecular weight is 513 g/mol. The summed E-state index contributed by atoms with van der Waals surface area (Å²) in [5.74, 6) is 0.965. The fourth-order valence-corrected chi connectivity index (χ4v) is 5.44. The molecule has 1 aromatic carbocycles. The van der Waals surface area contributed by atoms with Crippen LogP contribution in [0.4, 0.5) is 10.2 Å². The third kappa shape index (κ3) is 6.79. The van der Waals surface area contributed by atoms with Gasteiger partial charge in [-0.05, 0) is 61.3 Å². The summed E-state index contributed by atoms with van der Waals surface area (Å²) < 4.78 is 20.3. The van der Waals surface area contributed by atoms with Gasteiger partial charge in [0.2, 0.25) is 5.91 Å². The van der Waals surface area contributed by atoms with E-state index >= 15 is 0 Å². The summed E-state index contributed by atoms with van der Waals surface area (Å²) in [6.07, 6.45) is 4.22. The van der Waals surface area contributed by atoms with E-state index in [4.69, 9.17) is 9.72 Å². The van der Waals surface area contributed by atoms with Crippen LogP contribution in [0.3, 0.4) is 0 Å². The third-order valence-electron chi connectivity index (χ3n) is 7.31. The van der Waals surface area contributed by atoms with Crippen LogP contribution in [-0.4, -0.2) is 47.3 Å². The highest BCUT2D eigenvalue weighted by Crippen LogP contribution is 2.51. The van der Waals surface area contributed by atoms with Gasteiger partial charge in [0.05, 0.1) is 12.1 Å². The first-order valence-corrected chi connectivity index (χ1v) is 13.3. The number of aliphatic hydroxyl groups excluding tert-OH is 1. The largest absolute Gasteiger partial charge is 0.483 e. The zero-order valence-corrected chi connectivity index (χ0v) is 22.7. The number of nitrogens with one attached hydrogen (secondary N) is 3. The lowest BCUT2D eigenvalue weighted by molar-refractivity contribution is -0.120. The Kier molecular flexibility index (Phi) is 8.09. The quantitative estimate of drug-likeness (QED) is 0.400. The van der Waals surface area contributed by atoms with E-state index in [1.54, 1.807) is 12.1 Å². The van der Waals surface area contributed by atoms with Gasteiger partial charge in [0.15, 0.2) is 11.6 Å². The SMILES string of the molecule is CNc1nc(CC(C)(C)C)cc2c1OC1(CCC1)C[C@@H]2NC[C@@H](O)[C@H](Cc1cccc(F)c1)NC(C)=O. The van der Waals surface area contributed by atoms with Crippen molar-refractivity contribution in [2.24, 2.45) is 5.41 Å². The van der Waals surface area contributed by atoms with Crippen molar-refractivity contribution < 1.29 is 19.0 Å². The van der Waals surface area contributed by atoms with Crippen LogP contribution in [0.5, 0.6) is 5.75 Å². The highest BCUT2D eigenvalue weighted by atomic mass is 19.1. The molecule has 1 aromatic heterocycles. The maximum absolute atomic E-state index is 13.7. The van der Waals surface area contributed by atoms with E-state index in [0.717, 1.165) is 60.5 Å². The van der Waals surface area contributed by atoms with E-state index in [0.29, 0.717) is 6.42 Å². The first-order valence-electron chi connectivity index (χ1n) is 13.3. The Morgan fingerprint density at radius 1 is 1.30 bits per heavy atom. The second kappa shape index (κ2) is 11.0. The minimum Gasteiger partial charge on any atom is -0.483 e. The predicted molar refractivity (Wildman–Crippen MR) is 143 cm³/mol. The first-order chi connectivity index (χ1) is 17.5. The Morgan fingerprint density at radius 2 is 2.05 bits per heavy atom. The Bertz CT molecular complexity index is 1110. The second-order valence-electron chi connectivity index (χ2n) is 11.9. The van der Waals surface area contributed by atoms with E-state index in [9.17, 15) is 14.3 Å². The molecule has 2 aliphatic rings. The van der Waals surface area contributed by atoms with Crippen LogP contribution in [-0.2, 0) is 17.6 Å². The van der Waals surface area contributed by atoms with E-state index < -0.39 is 12.1 Å². The van der Waals surface area contributed by atoms with Gasteiger partial charge in [0.25, 0.3) is 0 Å². The van der Waals surface area contributed by atoms with E-state index in [2.05, 4.69) is 42.8 Å². The Hall–Kier alpha value is -2.71. The van der Waals surface area contributed by atoms with Gasteiger partial charge >= 0.3 is 0 Å². The summed E-state index contributed by atoms with van der Waals surface area (Å²) in [5.41, 5.74) is 2.63. The van der Waals surface area contributed by atoms with Crippen molar-refractivity contribution in [1.29, 1.82) is 0 Å². The molecule has 4 rings (SSSR count). The van der Waals surface area contributed by atoms with Crippen LogP contribution in [0.1, 0.15) is 76.2 Å². The molecule has 1 aliphatic carbocycles. The molecule has 1 spiro atoms. The zero-order chi connectivity index (χ0) is 26.8. The number of ether oxygens (including phenoxy) is 1. The van der Waals surface area contributed by atoms with Crippen LogP contribution in [0.15, 0.2) is 30.3 Å². The normalized spacial score (nSPS) is 19.8. The number of rotatable bonds is 9. The summed E-state index contributed by atoms with van der Waals surface area (Å²) >= 11 is 0. The Balaban J connectivity index is 1.56. The molecular weight excluding hydrogens is 471 g/mol. The lowest BCUT2D eigenvalue weighted by Gasteiger charge is -2.48. The molecule has 202 valence electrons. The van der Waals surface area contributed by atoms with Crippen molar-refractivity contribution in [3.8, 4) is 5.75 Å². The molecular formula is C29H41FN4O3. The maximum atomic E-state index is 13.7. The Morgan fingerprint density at radius 3 is 2.65 bits per heavy atom. The molecule has 4 N–H and O–H groups in total. The summed E-state index contributed by atoms with van der Waals surface area (Å²) in [6, 6.07) is 7.82. The molecule has 7 nitrogen and oxygen atoms in total. The number of nitrogens with zero attached hydrogens (tertiary/aromatic N) is 1. The van der Waals surface area contributed by atoms with E-state index in [1.165, 1.54) is 19.1 Å². The molecule has 2 aromatic rings. The van der Waals surface area contributed by atoms with Gasteiger partial charge in [-0.2, -0.15) is 0 Å². The number of carbonyl (C=O) groups excluding carboxylic acids is 1. The van der Waals surface area contributed by atoms with Crippen LogP contribution in [0, 0.1) is 11.2 Å². The lowest BCUT2D eigenvalue weighted by atomic mass is 9.72. The molecule has 8 heteroatoms. The van der Waals surface area contributed by atoms with Crippen molar-refractivity contribution in [2.75, 3.05) is 18.9 Å². The molecule has 1 aliphatic heterocycles. The lowest BCUT2D eigenvalue weighted by Crippen LogP contribution is -2.52. The van der Waals surface area contributed by atoms with Crippen LogP contribution in [0.2, 0.25) is 0 Å². The molecule has 0 bridgehead atoms. The number of anilines is 1. The van der Waals surface area contributed by atoms with Gasteiger partial charge in [-0.3, -0.25) is 4.79 Å². The highest BCUT2D eigenvalue weighted by Gasteiger charge is 2.46. The summed E-state index contributed by atoms with van der Waals surface area (Å²) in [6.45, 7) is 8.28. The Labute approximate surface area is 219 Å². The number of aliphatic hydroxyl groups is 1. The highest BCUT2D eigenvalue weighted by molar-refractivity contribution is 5.73. The standard InChI is InChI=1S/C29H41FN4O3/c1-18(35)33-23(13-19-8-6-9-20(30)12-19)25(36)17-32-24-16-29(10-7-11-29)37-26-22(24)14-21(15-28(2,3)4)34-27(26)31-5/h6,8-9,12,14,23-25,32,36H,7,10-11,13,15-17H2,1-5H3,(H,31,34)(H,33,35)/t23-,24-,25+/m0/s1. The van der Waals surface area contributed by atoms with E-state index in [-0.39, 0.29) is 35.3 Å². The van der Waals surface area contributed by atoms with Gasteiger partial charge in [-0.1, -0.05) is 32.9 Å². The number of carbonyl (C=O) groups is 1. The maximum Gasteiger partial charge on any atom is 0.217 e. The number of fused-ring (bicyclic) bond motifs is 1. The number of amides is 1. The summed E-state index contributed by atoms with van der Waals surface area (Å²) in [7, 11) is 1.87. The fourth-order valence-electron chi connectivity index (χ4n) is 5.44. The van der Waals surface area contributed by atoms with Crippen LogP contribution >= 0.6 is 0 Å². The first kappa shape index (κ1) is 27.3. The molecule has 3 atom stereocenters. The molecule has 0 saturated heterocycles. The van der Waals surface area contributed by atoms with Gasteiger partial charge in [0, 0.05) is 44.2 Å². The third-order valence-corrected chi connectivity index (χ3v) is 7.31. The topological polar surface area (TPSA) is 95.5 Å². The van der Waals surface area contributed by atoms with Gasteiger partial charge in [0.1, 0.15) is 11.4 Å². The van der Waals surface area contributed by atoms with Crippen molar-refractivity contribution in [3.63, 3.8) is 0 Å². The van der Waals surface area contributed by atoms with E-state index in [1.807, 2.05) is 7.05 Å². The monoisotopic (exact) mass is 512 g/mol. The minimum absolute atomic E-state index is 0.0281. The molecule has 1 saturated carbocycles. The summed E-state index contributed by atoms with van der Waals surface area (Å²) in [4.78, 5) is 16.8. The number of benzene rings is 1. The average Bonchev–Trinajstić information content (AvgIpc) is 2.79. The molecule has 1 amide bonds. The van der Waals surface area contributed by atoms with Crippen molar-refractivity contribution in [2.45, 2.75) is 90.0 Å². The fraction of sp³-hybridized carbons (Fsp3) is 0.586. The van der Waals surface area contributed by atoms with Gasteiger partial charge < -0.3 is 25.8 Å². The molecule has 2 heterocycles. The smallest absolute Gasteiger partial charge is 0.217 e. The summed E-state index contributed by atoms with van der Waals surface area (Å²) in [5, 5.41) is 20.8. The van der Waals surface area contributed by atoms with Crippen molar-refractivity contribution >= 4 is 11.7 Å². The van der Waals surface area contributed by atoms with Gasteiger partial charge in [-0.25, -0.2) is 9.37 Å². The van der Waals surface area contributed by atoms with Crippen molar-refractivity contribution in [3.05, 3.63) is 53.0 Å². The minimum atomic E-state index is -0.865. The number of aromatic nitrogens is 1. The second-order valence-corrected chi connectivity index (χ2v) is 11.9. The molecule has 37 heavy (non-hydrogen) atoms. The van der Waals surface area contributed by atoms with Crippen LogP contribution in [0.25, 0.3) is 0 Å².